The van der Waals surface area contributed by atoms with Crippen LogP contribution in [0.25, 0.3) is 0 Å². The smallest absolute Gasteiger partial charge is 0.252 e. The maximum atomic E-state index is 12.0. The predicted molar refractivity (Wildman–Crippen MR) is 83.8 cm³/mol. The van der Waals surface area contributed by atoms with E-state index < -0.39 is 0 Å². The second-order valence-corrected chi connectivity index (χ2v) is 5.98. The lowest BCUT2D eigenvalue weighted by molar-refractivity contribution is 0.0951. The van der Waals surface area contributed by atoms with Crippen LogP contribution in [0.5, 0.6) is 0 Å². The molecular formula is C12H12BrIN4O. The summed E-state index contributed by atoms with van der Waals surface area (Å²) in [6.07, 6.45) is 4.27. The van der Waals surface area contributed by atoms with Crippen molar-refractivity contribution in [3.05, 3.63) is 44.2 Å². The van der Waals surface area contributed by atoms with E-state index in [1.807, 2.05) is 18.2 Å². The molecule has 0 fully saturated rings. The first kappa shape index (κ1) is 14.4. The van der Waals surface area contributed by atoms with Gasteiger partial charge in [0.2, 0.25) is 0 Å². The van der Waals surface area contributed by atoms with Crippen LogP contribution in [0.2, 0.25) is 0 Å². The monoisotopic (exact) mass is 434 g/mol. The number of nitrogens with zero attached hydrogens (tertiary/aromatic N) is 3. The lowest BCUT2D eigenvalue weighted by Gasteiger charge is -2.07. The van der Waals surface area contributed by atoms with Crippen LogP contribution < -0.4 is 5.32 Å². The lowest BCUT2D eigenvalue weighted by Crippen LogP contribution is -2.26. The van der Waals surface area contributed by atoms with Crippen LogP contribution in [0.1, 0.15) is 16.8 Å². The van der Waals surface area contributed by atoms with Gasteiger partial charge in [-0.25, -0.2) is 0 Å². The first-order valence-electron chi connectivity index (χ1n) is 5.74. The molecule has 0 aliphatic heterocycles. The van der Waals surface area contributed by atoms with Gasteiger partial charge in [-0.2, -0.15) is 0 Å². The first-order valence-corrected chi connectivity index (χ1v) is 7.61. The zero-order valence-electron chi connectivity index (χ0n) is 10.0. The van der Waals surface area contributed by atoms with Crippen molar-refractivity contribution in [2.24, 2.45) is 0 Å². The van der Waals surface area contributed by atoms with Crippen molar-refractivity contribution < 1.29 is 4.79 Å². The van der Waals surface area contributed by atoms with E-state index in [9.17, 15) is 4.79 Å². The molecule has 2 aromatic rings. The Kier molecular flexibility index (Phi) is 5.32. The number of rotatable bonds is 5. The highest BCUT2D eigenvalue weighted by Crippen LogP contribution is 2.18. The molecule has 0 saturated heterocycles. The van der Waals surface area contributed by atoms with Gasteiger partial charge in [-0.15, -0.1) is 5.10 Å². The summed E-state index contributed by atoms with van der Waals surface area (Å²) in [4.78, 5) is 12.0. The maximum absolute atomic E-state index is 12.0. The summed E-state index contributed by atoms with van der Waals surface area (Å²) >= 11 is 5.53. The number of benzene rings is 1. The molecule has 1 amide bonds. The number of nitrogens with one attached hydrogen (secondary N) is 1. The molecule has 0 aliphatic rings. The minimum atomic E-state index is -0.0516. The van der Waals surface area contributed by atoms with E-state index in [1.54, 1.807) is 17.1 Å². The normalized spacial score (nSPS) is 10.4. The summed E-state index contributed by atoms with van der Waals surface area (Å²) in [6, 6.07) is 5.66. The summed E-state index contributed by atoms with van der Waals surface area (Å²) < 4.78 is 3.59. The van der Waals surface area contributed by atoms with Crippen LogP contribution in [-0.2, 0) is 6.54 Å². The fourth-order valence-corrected chi connectivity index (χ4v) is 2.50. The van der Waals surface area contributed by atoms with Gasteiger partial charge in [0, 0.05) is 27.3 Å². The van der Waals surface area contributed by atoms with Crippen molar-refractivity contribution in [3.8, 4) is 0 Å². The SMILES string of the molecule is O=C(NCCCn1ccnn1)c1cc(Br)ccc1I. The summed E-state index contributed by atoms with van der Waals surface area (Å²) in [5.74, 6) is -0.0516. The number of aryl methyl sites for hydroxylation is 1. The van der Waals surface area contributed by atoms with E-state index in [-0.39, 0.29) is 5.91 Å². The van der Waals surface area contributed by atoms with E-state index in [0.717, 1.165) is 21.0 Å². The van der Waals surface area contributed by atoms with E-state index >= 15 is 0 Å². The molecule has 0 radical (unpaired) electrons. The lowest BCUT2D eigenvalue weighted by atomic mass is 10.2. The topological polar surface area (TPSA) is 59.8 Å². The third-order valence-electron chi connectivity index (χ3n) is 2.49. The second-order valence-electron chi connectivity index (χ2n) is 3.90. The van der Waals surface area contributed by atoms with Crippen molar-refractivity contribution in [1.29, 1.82) is 0 Å². The predicted octanol–water partition coefficient (Wildman–Crippen LogP) is 2.47. The highest BCUT2D eigenvalue weighted by atomic mass is 127. The molecule has 100 valence electrons. The Morgan fingerprint density at radius 2 is 2.32 bits per heavy atom. The molecule has 1 heterocycles. The van der Waals surface area contributed by atoms with Crippen molar-refractivity contribution in [3.63, 3.8) is 0 Å². The van der Waals surface area contributed by atoms with E-state index in [0.29, 0.717) is 12.1 Å². The quantitative estimate of drug-likeness (QED) is 0.580. The van der Waals surface area contributed by atoms with Crippen LogP contribution in [0.3, 0.4) is 0 Å². The van der Waals surface area contributed by atoms with Crippen LogP contribution in [0.4, 0.5) is 0 Å². The van der Waals surface area contributed by atoms with Crippen molar-refractivity contribution >= 4 is 44.4 Å². The molecular weight excluding hydrogens is 423 g/mol. The number of hydrogen-bond donors (Lipinski definition) is 1. The van der Waals surface area contributed by atoms with E-state index in [2.05, 4.69) is 54.1 Å². The Hall–Kier alpha value is -0.960. The van der Waals surface area contributed by atoms with Gasteiger partial charge in [0.05, 0.1) is 11.8 Å². The highest BCUT2D eigenvalue weighted by Gasteiger charge is 2.09. The van der Waals surface area contributed by atoms with Gasteiger partial charge in [0.25, 0.3) is 5.91 Å². The Morgan fingerprint density at radius 3 is 3.05 bits per heavy atom. The number of carbonyl (C=O) groups is 1. The van der Waals surface area contributed by atoms with Gasteiger partial charge in [-0.3, -0.25) is 9.48 Å². The van der Waals surface area contributed by atoms with E-state index in [4.69, 9.17) is 0 Å². The number of halogens is 2. The Bertz CT molecular complexity index is 559. The van der Waals surface area contributed by atoms with Crippen molar-refractivity contribution in [2.45, 2.75) is 13.0 Å². The zero-order valence-corrected chi connectivity index (χ0v) is 13.8. The third-order valence-corrected chi connectivity index (χ3v) is 3.93. The molecule has 0 aliphatic carbocycles. The average molecular weight is 435 g/mol. The van der Waals surface area contributed by atoms with Crippen LogP contribution in [-0.4, -0.2) is 27.4 Å². The Morgan fingerprint density at radius 1 is 1.47 bits per heavy atom. The molecule has 5 nitrogen and oxygen atoms in total. The molecule has 1 N–H and O–H groups in total. The second kappa shape index (κ2) is 6.99. The van der Waals surface area contributed by atoms with Gasteiger partial charge in [0.15, 0.2) is 0 Å². The summed E-state index contributed by atoms with van der Waals surface area (Å²) in [5, 5.41) is 10.5. The summed E-state index contributed by atoms with van der Waals surface area (Å²) in [6.45, 7) is 1.36. The molecule has 2 rings (SSSR count). The van der Waals surface area contributed by atoms with Crippen molar-refractivity contribution in [1.82, 2.24) is 20.3 Å². The van der Waals surface area contributed by atoms with Gasteiger partial charge in [-0.05, 0) is 47.2 Å². The van der Waals surface area contributed by atoms with Gasteiger partial charge in [-0.1, -0.05) is 21.1 Å². The van der Waals surface area contributed by atoms with Gasteiger partial charge in [0.1, 0.15) is 0 Å². The maximum Gasteiger partial charge on any atom is 0.252 e. The van der Waals surface area contributed by atoms with Crippen LogP contribution in [0.15, 0.2) is 35.1 Å². The van der Waals surface area contributed by atoms with Crippen LogP contribution >= 0.6 is 38.5 Å². The minimum absolute atomic E-state index is 0.0516. The van der Waals surface area contributed by atoms with Crippen molar-refractivity contribution in [2.75, 3.05) is 6.54 Å². The molecule has 0 saturated carbocycles. The average Bonchev–Trinajstić information content (AvgIpc) is 2.90. The van der Waals surface area contributed by atoms with Crippen LogP contribution in [0, 0.1) is 3.57 Å². The standard InChI is InChI=1S/C12H12BrIN4O/c13-9-2-3-11(14)10(8-9)12(19)15-4-1-6-18-7-5-16-17-18/h2-3,5,7-8H,1,4,6H2,(H,15,19). The zero-order chi connectivity index (χ0) is 13.7. The molecule has 0 spiro atoms. The molecule has 1 aromatic carbocycles. The van der Waals surface area contributed by atoms with E-state index in [1.165, 1.54) is 0 Å². The number of carbonyl (C=O) groups excluding carboxylic acids is 1. The van der Waals surface area contributed by atoms with Gasteiger partial charge < -0.3 is 5.32 Å². The Labute approximate surface area is 133 Å². The molecule has 0 atom stereocenters. The van der Waals surface area contributed by atoms with Gasteiger partial charge >= 0.3 is 0 Å². The first-order chi connectivity index (χ1) is 9.16. The number of aromatic nitrogens is 3. The Balaban J connectivity index is 1.82. The highest BCUT2D eigenvalue weighted by molar-refractivity contribution is 14.1. The fraction of sp³-hybridized carbons (Fsp3) is 0.250. The summed E-state index contributed by atoms with van der Waals surface area (Å²) in [7, 11) is 0. The molecule has 1 aromatic heterocycles. The third kappa shape index (κ3) is 4.27. The number of hydrogen-bond acceptors (Lipinski definition) is 3. The molecule has 0 bridgehead atoms. The fourth-order valence-electron chi connectivity index (χ4n) is 1.56. The largest absolute Gasteiger partial charge is 0.352 e. The molecule has 7 heteroatoms. The number of amides is 1. The summed E-state index contributed by atoms with van der Waals surface area (Å²) in [5.41, 5.74) is 0.690. The minimum Gasteiger partial charge on any atom is -0.352 e. The molecule has 0 unspecified atom stereocenters. The molecule has 19 heavy (non-hydrogen) atoms.